The van der Waals surface area contributed by atoms with E-state index >= 15 is 0 Å². The van der Waals surface area contributed by atoms with Gasteiger partial charge < -0.3 is 4.74 Å². The molecule has 0 aliphatic heterocycles. The molecule has 0 fully saturated rings. The van der Waals surface area contributed by atoms with E-state index in [1.54, 1.807) is 12.3 Å². The topological polar surface area (TPSA) is 39.2 Å². The molecule has 1 heterocycles. The van der Waals surface area contributed by atoms with Gasteiger partial charge in [0.05, 0.1) is 6.20 Å². The minimum atomic E-state index is -0.201. The largest absolute Gasteiger partial charge is 0.425 e. The molecular formula is C10H13NO2. The summed E-state index contributed by atoms with van der Waals surface area (Å²) in [6.07, 6.45) is 2.81. The van der Waals surface area contributed by atoms with Crippen molar-refractivity contribution >= 4 is 5.97 Å². The maximum atomic E-state index is 11.0. The van der Waals surface area contributed by atoms with Gasteiger partial charge >= 0.3 is 5.97 Å². The van der Waals surface area contributed by atoms with Crippen molar-refractivity contribution in [3.05, 3.63) is 24.0 Å². The molecule has 3 nitrogen and oxygen atoms in total. The van der Waals surface area contributed by atoms with Crippen molar-refractivity contribution in [2.45, 2.75) is 26.7 Å². The van der Waals surface area contributed by atoms with Crippen LogP contribution in [0.1, 0.15) is 25.5 Å². The first-order chi connectivity index (χ1) is 6.22. The Bertz CT molecular complexity index is 279. The Balaban J connectivity index is 2.54. The maximum Gasteiger partial charge on any atom is 0.311 e. The molecule has 0 saturated carbocycles. The lowest BCUT2D eigenvalue weighted by atomic mass is 10.3. The quantitative estimate of drug-likeness (QED) is 0.667. The zero-order valence-corrected chi connectivity index (χ0v) is 7.91. The third-order valence-corrected chi connectivity index (χ3v) is 1.57. The van der Waals surface area contributed by atoms with Gasteiger partial charge in [0.25, 0.3) is 0 Å². The van der Waals surface area contributed by atoms with Crippen LogP contribution in [0.5, 0.6) is 5.75 Å². The van der Waals surface area contributed by atoms with E-state index in [1.807, 2.05) is 19.9 Å². The molecule has 0 amide bonds. The lowest BCUT2D eigenvalue weighted by molar-refractivity contribution is -0.134. The van der Waals surface area contributed by atoms with E-state index in [0.29, 0.717) is 12.2 Å². The first kappa shape index (κ1) is 9.71. The number of carbonyl (C=O) groups excluding carboxylic acids is 1. The van der Waals surface area contributed by atoms with Crippen LogP contribution in [-0.2, 0) is 4.79 Å². The highest BCUT2D eigenvalue weighted by atomic mass is 16.5. The fourth-order valence-corrected chi connectivity index (χ4v) is 0.901. The SMILES string of the molecule is CCCC(=O)Oc1ccc(C)nc1. The number of esters is 1. The summed E-state index contributed by atoms with van der Waals surface area (Å²) in [4.78, 5) is 15.1. The summed E-state index contributed by atoms with van der Waals surface area (Å²) in [6, 6.07) is 3.56. The van der Waals surface area contributed by atoms with Gasteiger partial charge in [-0.1, -0.05) is 6.92 Å². The number of hydrogen-bond donors (Lipinski definition) is 0. The van der Waals surface area contributed by atoms with E-state index in [1.165, 1.54) is 0 Å². The summed E-state index contributed by atoms with van der Waals surface area (Å²) in [5.41, 5.74) is 0.912. The molecule has 0 bridgehead atoms. The van der Waals surface area contributed by atoms with Gasteiger partial charge in [0.15, 0.2) is 0 Å². The smallest absolute Gasteiger partial charge is 0.311 e. The van der Waals surface area contributed by atoms with Crippen LogP contribution in [0.15, 0.2) is 18.3 Å². The number of rotatable bonds is 3. The molecule has 0 N–H and O–H groups in total. The van der Waals surface area contributed by atoms with Crippen LogP contribution in [-0.4, -0.2) is 11.0 Å². The van der Waals surface area contributed by atoms with Crippen LogP contribution in [0, 0.1) is 6.92 Å². The highest BCUT2D eigenvalue weighted by Gasteiger charge is 2.02. The predicted molar refractivity (Wildman–Crippen MR) is 49.5 cm³/mol. The van der Waals surface area contributed by atoms with Crippen LogP contribution in [0.25, 0.3) is 0 Å². The van der Waals surface area contributed by atoms with Crippen molar-refractivity contribution in [3.8, 4) is 5.75 Å². The van der Waals surface area contributed by atoms with E-state index in [-0.39, 0.29) is 5.97 Å². The molecule has 0 aliphatic rings. The zero-order valence-electron chi connectivity index (χ0n) is 7.91. The minimum absolute atomic E-state index is 0.201. The Morgan fingerprint density at radius 3 is 2.85 bits per heavy atom. The number of pyridine rings is 1. The van der Waals surface area contributed by atoms with Gasteiger partial charge in [-0.05, 0) is 25.5 Å². The van der Waals surface area contributed by atoms with Crippen LogP contribution in [0.4, 0.5) is 0 Å². The Hall–Kier alpha value is -1.38. The van der Waals surface area contributed by atoms with E-state index in [4.69, 9.17) is 4.74 Å². The number of aromatic nitrogens is 1. The van der Waals surface area contributed by atoms with Crippen molar-refractivity contribution in [2.24, 2.45) is 0 Å². The molecule has 1 aromatic heterocycles. The van der Waals surface area contributed by atoms with Crippen molar-refractivity contribution in [1.82, 2.24) is 4.98 Å². The molecule has 13 heavy (non-hydrogen) atoms. The molecule has 0 saturated heterocycles. The number of nitrogens with zero attached hydrogens (tertiary/aromatic N) is 1. The molecular weight excluding hydrogens is 166 g/mol. The molecule has 0 aromatic carbocycles. The second-order valence-electron chi connectivity index (χ2n) is 2.86. The second kappa shape index (κ2) is 4.60. The molecule has 3 heteroatoms. The van der Waals surface area contributed by atoms with Crippen molar-refractivity contribution < 1.29 is 9.53 Å². The van der Waals surface area contributed by atoms with Crippen molar-refractivity contribution in [3.63, 3.8) is 0 Å². The monoisotopic (exact) mass is 179 g/mol. The zero-order chi connectivity index (χ0) is 9.68. The molecule has 0 unspecified atom stereocenters. The van der Waals surface area contributed by atoms with Gasteiger partial charge in [-0.3, -0.25) is 9.78 Å². The van der Waals surface area contributed by atoms with Gasteiger partial charge in [-0.25, -0.2) is 0 Å². The highest BCUT2D eigenvalue weighted by molar-refractivity contribution is 5.72. The number of hydrogen-bond acceptors (Lipinski definition) is 3. The molecule has 1 rings (SSSR count). The average molecular weight is 179 g/mol. The number of aryl methyl sites for hydroxylation is 1. The van der Waals surface area contributed by atoms with Crippen molar-refractivity contribution in [2.75, 3.05) is 0 Å². The normalized spacial score (nSPS) is 9.69. The Morgan fingerprint density at radius 1 is 1.54 bits per heavy atom. The highest BCUT2D eigenvalue weighted by Crippen LogP contribution is 2.09. The first-order valence-electron chi connectivity index (χ1n) is 4.35. The molecule has 70 valence electrons. The summed E-state index contributed by atoms with van der Waals surface area (Å²) in [5, 5.41) is 0. The number of ether oxygens (including phenoxy) is 1. The summed E-state index contributed by atoms with van der Waals surface area (Å²) in [7, 11) is 0. The molecule has 0 radical (unpaired) electrons. The number of carbonyl (C=O) groups is 1. The first-order valence-corrected chi connectivity index (χ1v) is 4.35. The third-order valence-electron chi connectivity index (χ3n) is 1.57. The van der Waals surface area contributed by atoms with Crippen LogP contribution < -0.4 is 4.74 Å². The van der Waals surface area contributed by atoms with Crippen LogP contribution in [0.3, 0.4) is 0 Å². The Morgan fingerprint density at radius 2 is 2.31 bits per heavy atom. The Kier molecular flexibility index (Phi) is 3.43. The third kappa shape index (κ3) is 3.23. The summed E-state index contributed by atoms with van der Waals surface area (Å²) in [5.74, 6) is 0.317. The predicted octanol–water partition coefficient (Wildman–Crippen LogP) is 2.10. The summed E-state index contributed by atoms with van der Waals surface area (Å²) < 4.78 is 5.01. The minimum Gasteiger partial charge on any atom is -0.425 e. The van der Waals surface area contributed by atoms with Crippen LogP contribution in [0.2, 0.25) is 0 Å². The standard InChI is InChI=1S/C10H13NO2/c1-3-4-10(12)13-9-6-5-8(2)11-7-9/h5-7H,3-4H2,1-2H3. The van der Waals surface area contributed by atoms with E-state index in [9.17, 15) is 4.79 Å². The lowest BCUT2D eigenvalue weighted by Crippen LogP contribution is -2.06. The summed E-state index contributed by atoms with van der Waals surface area (Å²) >= 11 is 0. The molecule has 0 aliphatic carbocycles. The molecule has 0 spiro atoms. The van der Waals surface area contributed by atoms with Crippen molar-refractivity contribution in [1.29, 1.82) is 0 Å². The average Bonchev–Trinajstić information content (AvgIpc) is 2.09. The van der Waals surface area contributed by atoms with E-state index < -0.39 is 0 Å². The lowest BCUT2D eigenvalue weighted by Gasteiger charge is -2.02. The molecule has 0 atom stereocenters. The van der Waals surface area contributed by atoms with Crippen LogP contribution >= 0.6 is 0 Å². The van der Waals surface area contributed by atoms with Gasteiger partial charge in [0, 0.05) is 12.1 Å². The van der Waals surface area contributed by atoms with Gasteiger partial charge in [-0.2, -0.15) is 0 Å². The fourth-order valence-electron chi connectivity index (χ4n) is 0.901. The molecule has 1 aromatic rings. The van der Waals surface area contributed by atoms with Gasteiger partial charge in [-0.15, -0.1) is 0 Å². The van der Waals surface area contributed by atoms with E-state index in [0.717, 1.165) is 12.1 Å². The Labute approximate surface area is 77.8 Å². The van der Waals surface area contributed by atoms with Gasteiger partial charge in [0.1, 0.15) is 5.75 Å². The summed E-state index contributed by atoms with van der Waals surface area (Å²) in [6.45, 7) is 3.83. The van der Waals surface area contributed by atoms with Gasteiger partial charge in [0.2, 0.25) is 0 Å². The fraction of sp³-hybridized carbons (Fsp3) is 0.400. The second-order valence-corrected chi connectivity index (χ2v) is 2.86. The maximum absolute atomic E-state index is 11.0. The van der Waals surface area contributed by atoms with E-state index in [2.05, 4.69) is 4.98 Å².